The van der Waals surface area contributed by atoms with Crippen molar-refractivity contribution < 1.29 is 19.0 Å². The fraction of sp³-hybridized carbons (Fsp3) is 0.417. The Balaban J connectivity index is 2.14. The average Bonchev–Trinajstić information content (AvgIpc) is 3.11. The predicted octanol–water partition coefficient (Wildman–Crippen LogP) is 2.11. The smallest absolute Gasteiger partial charge is 0.326 e. The molecule has 0 aromatic heterocycles. The fourth-order valence-electron chi connectivity index (χ4n) is 1.74. The van der Waals surface area contributed by atoms with Crippen LogP contribution in [0.4, 0.5) is 10.1 Å². The summed E-state index contributed by atoms with van der Waals surface area (Å²) in [5, 5.41) is 12.0. The average molecular weight is 239 g/mol. The third kappa shape index (κ3) is 2.67. The largest absolute Gasteiger partial charge is 0.494 e. The topological polar surface area (TPSA) is 58.6 Å². The molecule has 0 spiro atoms. The van der Waals surface area contributed by atoms with E-state index in [9.17, 15) is 9.18 Å². The van der Waals surface area contributed by atoms with E-state index >= 15 is 0 Å². The van der Waals surface area contributed by atoms with Crippen LogP contribution >= 0.6 is 0 Å². The zero-order valence-corrected chi connectivity index (χ0v) is 9.44. The number of benzene rings is 1. The Labute approximate surface area is 98.4 Å². The standard InChI is InChI=1S/C12H14FNO3/c1-17-10-6-8(4-5-9(10)13)14-11(12(15)16)7-2-3-7/h4-7,11,14H,2-3H2,1H3,(H,15,16). The molecule has 1 atom stereocenters. The van der Waals surface area contributed by atoms with Crippen LogP contribution in [0.15, 0.2) is 18.2 Å². The van der Waals surface area contributed by atoms with E-state index in [1.807, 2.05) is 0 Å². The van der Waals surface area contributed by atoms with Gasteiger partial charge in [-0.25, -0.2) is 9.18 Å². The molecule has 1 fully saturated rings. The summed E-state index contributed by atoms with van der Waals surface area (Å²) >= 11 is 0. The van der Waals surface area contributed by atoms with Crippen LogP contribution < -0.4 is 10.1 Å². The van der Waals surface area contributed by atoms with Gasteiger partial charge in [0, 0.05) is 11.8 Å². The number of halogens is 1. The first-order valence-corrected chi connectivity index (χ1v) is 5.44. The van der Waals surface area contributed by atoms with Crippen LogP contribution in [0.5, 0.6) is 5.75 Å². The highest BCUT2D eigenvalue weighted by Crippen LogP contribution is 2.35. The van der Waals surface area contributed by atoms with E-state index < -0.39 is 17.8 Å². The molecule has 2 N–H and O–H groups in total. The predicted molar refractivity (Wildman–Crippen MR) is 60.7 cm³/mol. The van der Waals surface area contributed by atoms with Crippen LogP contribution in [0.3, 0.4) is 0 Å². The van der Waals surface area contributed by atoms with Crippen LogP contribution in [0.25, 0.3) is 0 Å². The molecule has 0 radical (unpaired) electrons. The van der Waals surface area contributed by atoms with Crippen molar-refractivity contribution in [2.24, 2.45) is 5.92 Å². The number of ether oxygens (including phenoxy) is 1. The Morgan fingerprint density at radius 1 is 1.59 bits per heavy atom. The second kappa shape index (κ2) is 4.61. The maximum Gasteiger partial charge on any atom is 0.326 e. The highest BCUT2D eigenvalue weighted by molar-refractivity contribution is 5.78. The Kier molecular flexibility index (Phi) is 3.17. The molecule has 2 rings (SSSR count). The molecule has 1 saturated carbocycles. The minimum Gasteiger partial charge on any atom is -0.494 e. The van der Waals surface area contributed by atoms with Crippen molar-refractivity contribution in [3.63, 3.8) is 0 Å². The van der Waals surface area contributed by atoms with Gasteiger partial charge in [0.2, 0.25) is 0 Å². The van der Waals surface area contributed by atoms with Crippen LogP contribution in [-0.4, -0.2) is 24.2 Å². The van der Waals surface area contributed by atoms with Gasteiger partial charge in [-0.2, -0.15) is 0 Å². The van der Waals surface area contributed by atoms with Gasteiger partial charge in [0.05, 0.1) is 7.11 Å². The van der Waals surface area contributed by atoms with Gasteiger partial charge in [0.25, 0.3) is 0 Å². The second-order valence-corrected chi connectivity index (χ2v) is 4.15. The first-order valence-electron chi connectivity index (χ1n) is 5.44. The van der Waals surface area contributed by atoms with E-state index in [0.717, 1.165) is 12.8 Å². The van der Waals surface area contributed by atoms with Gasteiger partial charge in [-0.3, -0.25) is 0 Å². The van der Waals surface area contributed by atoms with E-state index in [1.165, 1.54) is 25.3 Å². The Hall–Kier alpha value is -1.78. The van der Waals surface area contributed by atoms with Crippen LogP contribution in [0, 0.1) is 11.7 Å². The lowest BCUT2D eigenvalue weighted by atomic mass is 10.1. The summed E-state index contributed by atoms with van der Waals surface area (Å²) in [5.41, 5.74) is 0.558. The highest BCUT2D eigenvalue weighted by atomic mass is 19.1. The zero-order chi connectivity index (χ0) is 12.4. The third-order valence-electron chi connectivity index (χ3n) is 2.83. The quantitative estimate of drug-likeness (QED) is 0.826. The molecule has 0 bridgehead atoms. The van der Waals surface area contributed by atoms with E-state index in [-0.39, 0.29) is 11.7 Å². The van der Waals surface area contributed by atoms with E-state index in [4.69, 9.17) is 9.84 Å². The van der Waals surface area contributed by atoms with Crippen molar-refractivity contribution in [1.82, 2.24) is 0 Å². The number of nitrogens with one attached hydrogen (secondary N) is 1. The van der Waals surface area contributed by atoms with E-state index in [0.29, 0.717) is 5.69 Å². The van der Waals surface area contributed by atoms with Crippen molar-refractivity contribution in [1.29, 1.82) is 0 Å². The Morgan fingerprint density at radius 3 is 2.82 bits per heavy atom. The fourth-order valence-corrected chi connectivity index (χ4v) is 1.74. The van der Waals surface area contributed by atoms with Gasteiger partial charge in [0.1, 0.15) is 6.04 Å². The number of carbonyl (C=O) groups is 1. The molecule has 1 aliphatic carbocycles. The highest BCUT2D eigenvalue weighted by Gasteiger charge is 2.36. The Bertz CT molecular complexity index is 432. The molecule has 1 aromatic rings. The molecule has 0 saturated heterocycles. The summed E-state index contributed by atoms with van der Waals surface area (Å²) in [6.45, 7) is 0. The van der Waals surface area contributed by atoms with Crippen molar-refractivity contribution in [3.8, 4) is 5.75 Å². The SMILES string of the molecule is COc1cc(NC(C(=O)O)C2CC2)ccc1F. The van der Waals surface area contributed by atoms with Crippen molar-refractivity contribution in [3.05, 3.63) is 24.0 Å². The first kappa shape index (κ1) is 11.7. The molecular weight excluding hydrogens is 225 g/mol. The minimum absolute atomic E-state index is 0.106. The molecule has 92 valence electrons. The van der Waals surface area contributed by atoms with E-state index in [1.54, 1.807) is 0 Å². The summed E-state index contributed by atoms with van der Waals surface area (Å²) in [6, 6.07) is 3.63. The van der Waals surface area contributed by atoms with Crippen molar-refractivity contribution in [2.75, 3.05) is 12.4 Å². The lowest BCUT2D eigenvalue weighted by molar-refractivity contribution is -0.138. The van der Waals surface area contributed by atoms with Crippen LogP contribution in [0.1, 0.15) is 12.8 Å². The monoisotopic (exact) mass is 239 g/mol. The molecular formula is C12H14FNO3. The third-order valence-corrected chi connectivity index (χ3v) is 2.83. The van der Waals surface area contributed by atoms with Crippen LogP contribution in [-0.2, 0) is 4.79 Å². The van der Waals surface area contributed by atoms with Gasteiger partial charge in [-0.05, 0) is 30.9 Å². The summed E-state index contributed by atoms with van der Waals surface area (Å²) in [4.78, 5) is 11.0. The maximum absolute atomic E-state index is 13.2. The van der Waals surface area contributed by atoms with Gasteiger partial charge in [-0.1, -0.05) is 0 Å². The molecule has 1 aromatic carbocycles. The first-order chi connectivity index (χ1) is 8.11. The lowest BCUT2D eigenvalue weighted by Crippen LogP contribution is -2.31. The molecule has 0 aliphatic heterocycles. The van der Waals surface area contributed by atoms with Gasteiger partial charge >= 0.3 is 5.97 Å². The number of aliphatic carboxylic acids is 1. The molecule has 0 heterocycles. The molecule has 0 amide bonds. The number of anilines is 1. The van der Waals surface area contributed by atoms with Gasteiger partial charge in [0.15, 0.2) is 11.6 Å². The molecule has 5 heteroatoms. The van der Waals surface area contributed by atoms with Crippen molar-refractivity contribution in [2.45, 2.75) is 18.9 Å². The summed E-state index contributed by atoms with van der Waals surface area (Å²) in [7, 11) is 1.37. The number of hydrogen-bond acceptors (Lipinski definition) is 3. The summed E-state index contributed by atoms with van der Waals surface area (Å²) in [6.07, 6.45) is 1.84. The number of rotatable bonds is 5. The number of hydrogen-bond donors (Lipinski definition) is 2. The lowest BCUT2D eigenvalue weighted by Gasteiger charge is -2.15. The van der Waals surface area contributed by atoms with Crippen LogP contribution in [0.2, 0.25) is 0 Å². The maximum atomic E-state index is 13.2. The summed E-state index contributed by atoms with van der Waals surface area (Å²) < 4.78 is 18.0. The number of carboxylic acids is 1. The number of carboxylic acid groups (broad SMARTS) is 1. The van der Waals surface area contributed by atoms with E-state index in [2.05, 4.69) is 5.32 Å². The molecule has 17 heavy (non-hydrogen) atoms. The second-order valence-electron chi connectivity index (χ2n) is 4.15. The van der Waals surface area contributed by atoms with Crippen molar-refractivity contribution >= 4 is 11.7 Å². The number of methoxy groups -OCH3 is 1. The molecule has 1 unspecified atom stereocenters. The Morgan fingerprint density at radius 2 is 2.29 bits per heavy atom. The van der Waals surface area contributed by atoms with Gasteiger partial charge < -0.3 is 15.2 Å². The normalized spacial score (nSPS) is 16.4. The van der Waals surface area contributed by atoms with Gasteiger partial charge in [-0.15, -0.1) is 0 Å². The molecule has 1 aliphatic rings. The summed E-state index contributed by atoms with van der Waals surface area (Å²) in [5.74, 6) is -1.06. The minimum atomic E-state index is -0.879. The zero-order valence-electron chi connectivity index (χ0n) is 9.44. The molecule has 4 nitrogen and oxygen atoms in total.